The molecule has 1 aliphatic rings. The van der Waals surface area contributed by atoms with Gasteiger partial charge in [0.15, 0.2) is 10.8 Å². The van der Waals surface area contributed by atoms with Crippen molar-refractivity contribution in [2.24, 2.45) is 5.92 Å². The quantitative estimate of drug-likeness (QED) is 0.847. The summed E-state index contributed by atoms with van der Waals surface area (Å²) >= 11 is 1.16. The first-order chi connectivity index (χ1) is 10.7. The first-order valence-electron chi connectivity index (χ1n) is 7.46. The second-order valence-electron chi connectivity index (χ2n) is 6.32. The Balaban J connectivity index is 1.98. The lowest BCUT2D eigenvalue weighted by Gasteiger charge is -2.31. The van der Waals surface area contributed by atoms with Crippen LogP contribution in [0.4, 0.5) is 5.13 Å². The predicted molar refractivity (Wildman–Crippen MR) is 86.3 cm³/mol. The lowest BCUT2D eigenvalue weighted by Crippen LogP contribution is -2.42. The van der Waals surface area contributed by atoms with Gasteiger partial charge in [-0.3, -0.25) is 9.59 Å². The number of hydrogen-bond donors (Lipinski definition) is 1. The van der Waals surface area contributed by atoms with E-state index in [1.165, 1.54) is 5.38 Å². The lowest BCUT2D eigenvalue weighted by atomic mass is 10.1. The molecule has 0 aromatic carbocycles. The number of nitrogens with zero attached hydrogens (tertiary/aromatic N) is 2. The van der Waals surface area contributed by atoms with Crippen molar-refractivity contribution in [1.82, 2.24) is 9.88 Å². The molecule has 0 aliphatic carbocycles. The molecule has 7 nitrogen and oxygen atoms in total. The van der Waals surface area contributed by atoms with Crippen molar-refractivity contribution in [3.8, 4) is 0 Å². The number of carbonyl (C=O) groups excluding carboxylic acids is 3. The minimum atomic E-state index is -0.515. The number of hydrogen-bond acceptors (Lipinski definition) is 6. The van der Waals surface area contributed by atoms with Crippen LogP contribution in [0.2, 0.25) is 0 Å². The molecule has 0 spiro atoms. The molecule has 1 aliphatic heterocycles. The zero-order chi connectivity index (χ0) is 17.2. The fourth-order valence-corrected chi connectivity index (χ4v) is 3.05. The number of anilines is 1. The van der Waals surface area contributed by atoms with Crippen LogP contribution in [0.15, 0.2) is 5.38 Å². The van der Waals surface area contributed by atoms with Crippen molar-refractivity contribution in [3.63, 3.8) is 0 Å². The fourth-order valence-electron chi connectivity index (χ4n) is 2.37. The highest BCUT2D eigenvalue weighted by molar-refractivity contribution is 7.14. The van der Waals surface area contributed by atoms with Crippen molar-refractivity contribution < 1.29 is 19.1 Å². The van der Waals surface area contributed by atoms with Gasteiger partial charge in [0.05, 0.1) is 12.5 Å². The number of likely N-dealkylation sites (tertiary alicyclic amines) is 1. The maximum atomic E-state index is 12.3. The molecule has 8 heteroatoms. The van der Waals surface area contributed by atoms with Crippen LogP contribution in [-0.4, -0.2) is 46.4 Å². The van der Waals surface area contributed by atoms with Gasteiger partial charge in [-0.05, 0) is 27.7 Å². The number of nitrogens with one attached hydrogen (secondary N) is 1. The van der Waals surface area contributed by atoms with Crippen LogP contribution in [-0.2, 0) is 14.3 Å². The Morgan fingerprint density at radius 1 is 1.48 bits per heavy atom. The van der Waals surface area contributed by atoms with E-state index in [4.69, 9.17) is 4.74 Å². The van der Waals surface area contributed by atoms with Gasteiger partial charge >= 0.3 is 5.97 Å². The molecule has 0 radical (unpaired) electrons. The monoisotopic (exact) mass is 339 g/mol. The molecule has 0 saturated carbocycles. The van der Waals surface area contributed by atoms with Crippen LogP contribution in [0, 0.1) is 5.92 Å². The van der Waals surface area contributed by atoms with Crippen LogP contribution in [0.3, 0.4) is 0 Å². The number of carbonyl (C=O) groups is 3. The average Bonchev–Trinajstić information content (AvgIpc) is 3.05. The van der Waals surface area contributed by atoms with E-state index in [2.05, 4.69) is 10.3 Å². The van der Waals surface area contributed by atoms with E-state index in [1.807, 2.05) is 20.8 Å². The van der Waals surface area contributed by atoms with E-state index in [0.717, 1.165) is 11.3 Å². The van der Waals surface area contributed by atoms with E-state index in [9.17, 15) is 14.4 Å². The van der Waals surface area contributed by atoms with Crippen LogP contribution in [0.1, 0.15) is 44.6 Å². The molecule has 1 fully saturated rings. The molecule has 2 amide bonds. The maximum Gasteiger partial charge on any atom is 0.357 e. The molecule has 1 N–H and O–H groups in total. The second kappa shape index (κ2) is 6.66. The highest BCUT2D eigenvalue weighted by Crippen LogP contribution is 2.27. The second-order valence-corrected chi connectivity index (χ2v) is 7.18. The van der Waals surface area contributed by atoms with Crippen molar-refractivity contribution in [2.45, 2.75) is 39.7 Å². The fraction of sp³-hybridized carbons (Fsp3) is 0.600. The Labute approximate surface area is 139 Å². The number of esters is 1. The third-order valence-corrected chi connectivity index (χ3v) is 4.28. The molecule has 0 bridgehead atoms. The summed E-state index contributed by atoms with van der Waals surface area (Å²) < 4.78 is 4.85. The lowest BCUT2D eigenvalue weighted by molar-refractivity contribution is -0.131. The molecular formula is C15H21N3O4S. The average molecular weight is 339 g/mol. The summed E-state index contributed by atoms with van der Waals surface area (Å²) in [6.07, 6.45) is 0.194. The van der Waals surface area contributed by atoms with Gasteiger partial charge in [0.25, 0.3) is 0 Å². The van der Waals surface area contributed by atoms with Crippen LogP contribution < -0.4 is 5.32 Å². The zero-order valence-corrected chi connectivity index (χ0v) is 14.5. The molecular weight excluding hydrogens is 318 g/mol. The Hall–Kier alpha value is -1.96. The first kappa shape index (κ1) is 17.4. The SMILES string of the molecule is CCOC(=O)c1csc(NC(=O)[C@H]2CC(=O)N(C(C)(C)C)C2)n1. The van der Waals surface area contributed by atoms with Crippen molar-refractivity contribution in [3.05, 3.63) is 11.1 Å². The summed E-state index contributed by atoms with van der Waals surface area (Å²) in [5, 5.41) is 4.55. The standard InChI is InChI=1S/C15H21N3O4S/c1-5-22-13(21)10-8-23-14(16-10)17-12(20)9-6-11(19)18(7-9)15(2,3)4/h8-9H,5-7H2,1-4H3,(H,16,17,20)/t9-/m0/s1. The van der Waals surface area contributed by atoms with E-state index in [0.29, 0.717) is 11.7 Å². The van der Waals surface area contributed by atoms with Gasteiger partial charge in [0.1, 0.15) is 0 Å². The Morgan fingerprint density at radius 2 is 2.17 bits per heavy atom. The van der Waals surface area contributed by atoms with Crippen molar-refractivity contribution in [2.75, 3.05) is 18.5 Å². The Bertz CT molecular complexity index is 620. The van der Waals surface area contributed by atoms with Gasteiger partial charge < -0.3 is 15.0 Å². The van der Waals surface area contributed by atoms with Gasteiger partial charge in [-0.1, -0.05) is 0 Å². The van der Waals surface area contributed by atoms with Crippen LogP contribution in [0.25, 0.3) is 0 Å². The maximum absolute atomic E-state index is 12.3. The van der Waals surface area contributed by atoms with E-state index < -0.39 is 11.9 Å². The van der Waals surface area contributed by atoms with E-state index in [-0.39, 0.29) is 36.1 Å². The molecule has 23 heavy (non-hydrogen) atoms. The smallest absolute Gasteiger partial charge is 0.357 e. The van der Waals surface area contributed by atoms with Gasteiger partial charge in [0, 0.05) is 23.9 Å². The van der Waals surface area contributed by atoms with Crippen molar-refractivity contribution >= 4 is 34.3 Å². The molecule has 1 atom stereocenters. The normalized spacial score (nSPS) is 18.2. The predicted octanol–water partition coefficient (Wildman–Crippen LogP) is 1.91. The van der Waals surface area contributed by atoms with Gasteiger partial charge in [-0.25, -0.2) is 9.78 Å². The van der Waals surface area contributed by atoms with Crippen LogP contribution >= 0.6 is 11.3 Å². The first-order valence-corrected chi connectivity index (χ1v) is 8.34. The summed E-state index contributed by atoms with van der Waals surface area (Å²) in [7, 11) is 0. The molecule has 0 unspecified atom stereocenters. The third-order valence-electron chi connectivity index (χ3n) is 3.52. The molecule has 2 heterocycles. The third kappa shape index (κ3) is 4.07. The summed E-state index contributed by atoms with van der Waals surface area (Å²) in [5.41, 5.74) is -0.129. The summed E-state index contributed by atoms with van der Waals surface area (Å²) in [4.78, 5) is 41.6. The van der Waals surface area contributed by atoms with Crippen LogP contribution in [0.5, 0.6) is 0 Å². The number of amides is 2. The number of ether oxygens (including phenoxy) is 1. The van der Waals surface area contributed by atoms with Gasteiger partial charge in [-0.2, -0.15) is 0 Å². The topological polar surface area (TPSA) is 88.6 Å². The highest BCUT2D eigenvalue weighted by Gasteiger charge is 2.39. The molecule has 1 saturated heterocycles. The van der Waals surface area contributed by atoms with E-state index in [1.54, 1.807) is 11.8 Å². The molecule has 1 aromatic rings. The zero-order valence-electron chi connectivity index (χ0n) is 13.7. The number of rotatable bonds is 4. The number of aromatic nitrogens is 1. The molecule has 1 aromatic heterocycles. The van der Waals surface area contributed by atoms with E-state index >= 15 is 0 Å². The minimum Gasteiger partial charge on any atom is -0.461 e. The molecule has 126 valence electrons. The molecule has 2 rings (SSSR count). The summed E-state index contributed by atoms with van der Waals surface area (Å²) in [6.45, 7) is 8.20. The van der Waals surface area contributed by atoms with Gasteiger partial charge in [0.2, 0.25) is 11.8 Å². The Kier molecular flexibility index (Phi) is 5.03. The summed E-state index contributed by atoms with van der Waals surface area (Å²) in [6, 6.07) is 0. The summed E-state index contributed by atoms with van der Waals surface area (Å²) in [5.74, 6) is -1.20. The largest absolute Gasteiger partial charge is 0.461 e. The van der Waals surface area contributed by atoms with Crippen molar-refractivity contribution in [1.29, 1.82) is 0 Å². The number of thiazole rings is 1. The highest BCUT2D eigenvalue weighted by atomic mass is 32.1. The Morgan fingerprint density at radius 3 is 2.74 bits per heavy atom. The minimum absolute atomic E-state index is 0.0241. The van der Waals surface area contributed by atoms with Gasteiger partial charge in [-0.15, -0.1) is 11.3 Å².